The van der Waals surface area contributed by atoms with Crippen molar-refractivity contribution < 1.29 is 9.53 Å². The van der Waals surface area contributed by atoms with E-state index in [0.29, 0.717) is 15.1 Å². The first-order valence-electron chi connectivity index (χ1n) is 8.63. The molecule has 2 aromatic heterocycles. The predicted molar refractivity (Wildman–Crippen MR) is 105 cm³/mol. The zero-order valence-electron chi connectivity index (χ0n) is 14.7. The molecule has 5 rings (SSSR count). The Labute approximate surface area is 162 Å². The van der Waals surface area contributed by atoms with E-state index in [-0.39, 0.29) is 11.3 Å². The average Bonchev–Trinajstić information content (AvgIpc) is 3.22. The molecule has 0 amide bonds. The second-order valence-electron chi connectivity index (χ2n) is 6.92. The molecule has 3 atom stereocenters. The number of benzene rings is 1. The monoisotopic (exact) mass is 396 g/mol. The molecule has 3 aromatic rings. The lowest BCUT2D eigenvalue weighted by molar-refractivity contribution is -0.132. The molecule has 5 nitrogen and oxygen atoms in total. The zero-order valence-corrected chi connectivity index (χ0v) is 16.3. The fourth-order valence-corrected chi connectivity index (χ4v) is 5.88. The first kappa shape index (κ1) is 16.6. The van der Waals surface area contributed by atoms with Crippen LogP contribution < -0.4 is 19.6 Å². The summed E-state index contributed by atoms with van der Waals surface area (Å²) in [6.07, 6.45) is 1.89. The number of para-hydroxylation sites is 1. The Balaban J connectivity index is 1.85. The van der Waals surface area contributed by atoms with Gasteiger partial charge in [0, 0.05) is 10.4 Å². The Morgan fingerprint density at radius 2 is 2.11 bits per heavy atom. The highest BCUT2D eigenvalue weighted by molar-refractivity contribution is 7.11. The van der Waals surface area contributed by atoms with Gasteiger partial charge >= 0.3 is 0 Å². The fourth-order valence-electron chi connectivity index (χ4n) is 4.06. The number of fused-ring (bicyclic) bond motifs is 6. The number of hydrogen-bond donors (Lipinski definition) is 0. The molecular formula is C20H16N2O3S2. The third-order valence-corrected chi connectivity index (χ3v) is 6.94. The highest BCUT2D eigenvalue weighted by atomic mass is 32.1. The van der Waals surface area contributed by atoms with Crippen molar-refractivity contribution >= 4 is 34.5 Å². The number of hydrogen-bond acceptors (Lipinski definition) is 6. The number of nitrogens with zero attached hydrogens (tertiary/aromatic N) is 2. The molecule has 7 heteroatoms. The summed E-state index contributed by atoms with van der Waals surface area (Å²) in [6.45, 7) is 3.38. The molecule has 0 unspecified atom stereocenters. The number of carbonyl (C=O) groups is 1. The van der Waals surface area contributed by atoms with Crippen LogP contribution in [0.1, 0.15) is 30.3 Å². The number of thiophene rings is 1. The summed E-state index contributed by atoms with van der Waals surface area (Å²) >= 11 is 2.93. The van der Waals surface area contributed by atoms with Crippen LogP contribution in [0.4, 0.5) is 0 Å². The predicted octanol–water partition coefficient (Wildman–Crippen LogP) is 2.34. The molecule has 0 radical (unpaired) electrons. The van der Waals surface area contributed by atoms with Crippen molar-refractivity contribution in [2.45, 2.75) is 25.6 Å². The van der Waals surface area contributed by atoms with Gasteiger partial charge in [-0.05, 0) is 37.4 Å². The topological polar surface area (TPSA) is 60.7 Å². The minimum atomic E-state index is -1.01. The summed E-state index contributed by atoms with van der Waals surface area (Å²) in [5, 5.41) is 1.98. The maximum Gasteiger partial charge on any atom is 0.270 e. The average molecular weight is 396 g/mol. The molecule has 136 valence electrons. The Morgan fingerprint density at radius 3 is 2.85 bits per heavy atom. The lowest BCUT2D eigenvalue weighted by atomic mass is 9.79. The SMILES string of the molecule is CC(=O)[C@@H]1[C@@H]2c3ccccc3O[C@@]1(C)N=c1s/c(=C\c3cccs3)c(=O)n12. The van der Waals surface area contributed by atoms with E-state index in [1.165, 1.54) is 11.3 Å². The van der Waals surface area contributed by atoms with Gasteiger partial charge in [0.25, 0.3) is 5.56 Å². The Morgan fingerprint density at radius 1 is 1.30 bits per heavy atom. The standard InChI is InChI=1S/C20H16N2O3S2/c1-11(23)16-17-13-7-3-4-8-14(13)25-20(16,2)21-19-22(17)18(24)15(27-19)10-12-6-5-9-26-12/h3-10,16-17H,1-2H3/b15-10-/t16-,17+,20-/m1/s1. The van der Waals surface area contributed by atoms with Gasteiger partial charge in [0.1, 0.15) is 17.5 Å². The van der Waals surface area contributed by atoms with E-state index in [9.17, 15) is 9.59 Å². The number of ketones is 1. The van der Waals surface area contributed by atoms with Crippen molar-refractivity contribution in [1.29, 1.82) is 0 Å². The molecule has 0 saturated heterocycles. The van der Waals surface area contributed by atoms with Gasteiger partial charge in [-0.2, -0.15) is 0 Å². The largest absolute Gasteiger partial charge is 0.465 e. The number of thiazole rings is 1. The summed E-state index contributed by atoms with van der Waals surface area (Å²) in [5.74, 6) is 0.105. The minimum Gasteiger partial charge on any atom is -0.465 e. The summed E-state index contributed by atoms with van der Waals surface area (Å²) in [4.78, 5) is 32.2. The number of Topliss-reactive ketones (excluding diaryl/α,β-unsaturated/α-hetero) is 1. The van der Waals surface area contributed by atoms with E-state index in [4.69, 9.17) is 9.73 Å². The summed E-state index contributed by atoms with van der Waals surface area (Å²) in [5.41, 5.74) is -0.265. The van der Waals surface area contributed by atoms with Crippen LogP contribution >= 0.6 is 22.7 Å². The van der Waals surface area contributed by atoms with Gasteiger partial charge < -0.3 is 4.74 Å². The van der Waals surface area contributed by atoms with E-state index < -0.39 is 17.7 Å². The van der Waals surface area contributed by atoms with Crippen LogP contribution in [-0.2, 0) is 4.79 Å². The maximum atomic E-state index is 13.3. The Hall–Kier alpha value is -2.51. The molecule has 1 aromatic carbocycles. The third kappa shape index (κ3) is 2.38. The molecular weight excluding hydrogens is 380 g/mol. The van der Waals surface area contributed by atoms with Gasteiger partial charge in [-0.1, -0.05) is 35.6 Å². The van der Waals surface area contributed by atoms with E-state index in [0.717, 1.165) is 10.4 Å². The first-order valence-corrected chi connectivity index (χ1v) is 10.3. The van der Waals surface area contributed by atoms with Crippen molar-refractivity contribution in [2.24, 2.45) is 10.9 Å². The number of rotatable bonds is 2. The second-order valence-corrected chi connectivity index (χ2v) is 8.91. The Bertz CT molecular complexity index is 1240. The molecule has 0 spiro atoms. The summed E-state index contributed by atoms with van der Waals surface area (Å²) in [7, 11) is 0. The second kappa shape index (κ2) is 5.74. The van der Waals surface area contributed by atoms with Crippen molar-refractivity contribution in [2.75, 3.05) is 0 Å². The molecule has 2 aliphatic rings. The van der Waals surface area contributed by atoms with Crippen LogP contribution in [0, 0.1) is 5.92 Å². The van der Waals surface area contributed by atoms with Crippen LogP contribution in [0.25, 0.3) is 6.08 Å². The highest BCUT2D eigenvalue weighted by Crippen LogP contribution is 2.47. The summed E-state index contributed by atoms with van der Waals surface area (Å²) < 4.78 is 8.47. The van der Waals surface area contributed by atoms with Gasteiger partial charge in [0.15, 0.2) is 4.80 Å². The molecule has 0 aliphatic carbocycles. The molecule has 27 heavy (non-hydrogen) atoms. The minimum absolute atomic E-state index is 0.0340. The van der Waals surface area contributed by atoms with Gasteiger partial charge in [-0.25, -0.2) is 4.99 Å². The van der Waals surface area contributed by atoms with Crippen LogP contribution in [0.3, 0.4) is 0 Å². The van der Waals surface area contributed by atoms with Crippen molar-refractivity contribution in [3.05, 3.63) is 71.9 Å². The molecule has 0 fully saturated rings. The van der Waals surface area contributed by atoms with Gasteiger partial charge in [-0.3, -0.25) is 14.2 Å². The lowest BCUT2D eigenvalue weighted by Gasteiger charge is -2.45. The van der Waals surface area contributed by atoms with Gasteiger partial charge in [-0.15, -0.1) is 11.3 Å². The van der Waals surface area contributed by atoms with E-state index in [1.807, 2.05) is 54.8 Å². The van der Waals surface area contributed by atoms with Crippen molar-refractivity contribution in [3.63, 3.8) is 0 Å². The van der Waals surface area contributed by atoms with Gasteiger partial charge in [0.2, 0.25) is 5.72 Å². The molecule has 0 saturated carbocycles. The fraction of sp³-hybridized carbons (Fsp3) is 0.250. The van der Waals surface area contributed by atoms with Gasteiger partial charge in [0.05, 0.1) is 10.6 Å². The van der Waals surface area contributed by atoms with Crippen LogP contribution in [0.15, 0.2) is 51.6 Å². The van der Waals surface area contributed by atoms with E-state index in [1.54, 1.807) is 22.8 Å². The van der Waals surface area contributed by atoms with E-state index in [2.05, 4.69) is 0 Å². The summed E-state index contributed by atoms with van der Waals surface area (Å²) in [6, 6.07) is 11.1. The maximum absolute atomic E-state index is 13.3. The zero-order chi connectivity index (χ0) is 18.8. The van der Waals surface area contributed by atoms with Crippen molar-refractivity contribution in [3.8, 4) is 5.75 Å². The first-order chi connectivity index (χ1) is 13.0. The molecule has 2 bridgehead atoms. The molecule has 4 heterocycles. The quantitative estimate of drug-likeness (QED) is 0.668. The highest BCUT2D eigenvalue weighted by Gasteiger charge is 2.53. The van der Waals surface area contributed by atoms with Crippen LogP contribution in [-0.4, -0.2) is 16.1 Å². The van der Waals surface area contributed by atoms with Crippen LogP contribution in [0.2, 0.25) is 0 Å². The molecule has 0 N–H and O–H groups in total. The molecule has 2 aliphatic heterocycles. The number of ether oxygens (including phenoxy) is 1. The third-order valence-electron chi connectivity index (χ3n) is 5.13. The normalized spacial score (nSPS) is 25.9. The smallest absolute Gasteiger partial charge is 0.270 e. The number of aromatic nitrogens is 1. The number of carbonyl (C=O) groups excluding carboxylic acids is 1. The van der Waals surface area contributed by atoms with Crippen molar-refractivity contribution in [1.82, 2.24) is 4.57 Å². The van der Waals surface area contributed by atoms with Crippen LogP contribution in [0.5, 0.6) is 5.75 Å². The lowest BCUT2D eigenvalue weighted by Crippen LogP contribution is -2.58. The Kier molecular flexibility index (Phi) is 3.54. The van der Waals surface area contributed by atoms with E-state index >= 15 is 0 Å².